The summed E-state index contributed by atoms with van der Waals surface area (Å²) < 4.78 is 0. The highest BCUT2D eigenvalue weighted by atomic mass is 32.1. The molecule has 0 saturated carbocycles. The first-order chi connectivity index (χ1) is 5.30. The highest BCUT2D eigenvalue weighted by Gasteiger charge is 2.29. The van der Waals surface area contributed by atoms with E-state index in [1.165, 1.54) is 0 Å². The summed E-state index contributed by atoms with van der Waals surface area (Å²) >= 11 is 5.15. The van der Waals surface area contributed by atoms with Gasteiger partial charge in [-0.05, 0) is 5.41 Å². The summed E-state index contributed by atoms with van der Waals surface area (Å²) in [6.45, 7) is 6.07. The minimum atomic E-state index is -0.178. The molecule has 0 spiro atoms. The largest absolute Gasteiger partial charge is 0.371 e. The van der Waals surface area contributed by atoms with E-state index in [2.05, 4.69) is 6.07 Å². The van der Waals surface area contributed by atoms with Gasteiger partial charge in [0.15, 0.2) is 0 Å². The van der Waals surface area contributed by atoms with Crippen LogP contribution in [0.5, 0.6) is 0 Å². The lowest BCUT2D eigenvalue weighted by Crippen LogP contribution is -2.34. The monoisotopic (exact) mass is 184 g/mol. The molecule has 0 rings (SSSR count). The second-order valence-electron chi connectivity index (χ2n) is 4.16. The van der Waals surface area contributed by atoms with Crippen molar-refractivity contribution < 1.29 is 0 Å². The van der Waals surface area contributed by atoms with Crippen LogP contribution in [0.2, 0.25) is 0 Å². The van der Waals surface area contributed by atoms with Crippen molar-refractivity contribution in [2.75, 3.05) is 14.1 Å². The molecule has 0 aromatic carbocycles. The molecule has 0 amide bonds. The van der Waals surface area contributed by atoms with Crippen molar-refractivity contribution in [3.05, 3.63) is 0 Å². The van der Waals surface area contributed by atoms with Crippen molar-refractivity contribution >= 4 is 17.2 Å². The molecule has 0 saturated heterocycles. The molecule has 0 aromatic heterocycles. The van der Waals surface area contributed by atoms with E-state index in [0.29, 0.717) is 4.99 Å². The SMILES string of the molecule is CN(C)C(=S)C(C#N)C(C)(C)C. The second-order valence-corrected chi connectivity index (χ2v) is 4.58. The zero-order valence-corrected chi connectivity index (χ0v) is 9.20. The Morgan fingerprint density at radius 1 is 1.42 bits per heavy atom. The van der Waals surface area contributed by atoms with Gasteiger partial charge in [0.25, 0.3) is 0 Å². The number of nitrogens with zero attached hydrogens (tertiary/aromatic N) is 2. The molecule has 0 heterocycles. The Kier molecular flexibility index (Phi) is 3.66. The van der Waals surface area contributed by atoms with E-state index in [1.54, 1.807) is 0 Å². The predicted octanol–water partition coefficient (Wildman–Crippen LogP) is 2.06. The summed E-state index contributed by atoms with van der Waals surface area (Å²) in [5.41, 5.74) is -0.0733. The Morgan fingerprint density at radius 2 is 1.83 bits per heavy atom. The highest BCUT2D eigenvalue weighted by Crippen LogP contribution is 2.27. The molecule has 0 bridgehead atoms. The van der Waals surface area contributed by atoms with Crippen molar-refractivity contribution in [1.82, 2.24) is 4.90 Å². The van der Waals surface area contributed by atoms with Crippen LogP contribution in [-0.2, 0) is 0 Å². The molecule has 0 aromatic rings. The number of hydrogen-bond donors (Lipinski definition) is 0. The first-order valence-electron chi connectivity index (χ1n) is 3.91. The van der Waals surface area contributed by atoms with Crippen molar-refractivity contribution in [2.45, 2.75) is 20.8 Å². The van der Waals surface area contributed by atoms with E-state index in [4.69, 9.17) is 17.5 Å². The summed E-state index contributed by atoms with van der Waals surface area (Å²) in [6, 6.07) is 2.24. The summed E-state index contributed by atoms with van der Waals surface area (Å²) in [5, 5.41) is 8.92. The lowest BCUT2D eigenvalue weighted by Gasteiger charge is -2.28. The molecule has 3 heteroatoms. The van der Waals surface area contributed by atoms with Gasteiger partial charge < -0.3 is 4.90 Å². The quantitative estimate of drug-likeness (QED) is 0.584. The number of thiocarbonyl (C=S) groups is 1. The van der Waals surface area contributed by atoms with Gasteiger partial charge in [0, 0.05) is 14.1 Å². The van der Waals surface area contributed by atoms with E-state index in [1.807, 2.05) is 39.8 Å². The van der Waals surface area contributed by atoms with Gasteiger partial charge in [-0.25, -0.2) is 0 Å². The van der Waals surface area contributed by atoms with E-state index >= 15 is 0 Å². The van der Waals surface area contributed by atoms with Gasteiger partial charge in [-0.15, -0.1) is 0 Å². The Morgan fingerprint density at radius 3 is 1.92 bits per heavy atom. The van der Waals surface area contributed by atoms with Crippen LogP contribution >= 0.6 is 12.2 Å². The Hall–Kier alpha value is -0.620. The molecule has 2 nitrogen and oxygen atoms in total. The van der Waals surface area contributed by atoms with Crippen LogP contribution in [0.1, 0.15) is 20.8 Å². The summed E-state index contributed by atoms with van der Waals surface area (Å²) in [6.07, 6.45) is 0. The first kappa shape index (κ1) is 11.4. The molecule has 0 radical (unpaired) electrons. The van der Waals surface area contributed by atoms with Crippen LogP contribution in [0, 0.1) is 22.7 Å². The zero-order chi connectivity index (χ0) is 9.94. The van der Waals surface area contributed by atoms with E-state index < -0.39 is 0 Å². The molecule has 1 atom stereocenters. The lowest BCUT2D eigenvalue weighted by atomic mass is 9.81. The maximum Gasteiger partial charge on any atom is 0.101 e. The molecule has 68 valence electrons. The second kappa shape index (κ2) is 3.86. The van der Waals surface area contributed by atoms with E-state index in [9.17, 15) is 0 Å². The molecule has 0 aliphatic carbocycles. The van der Waals surface area contributed by atoms with Crippen LogP contribution in [0.3, 0.4) is 0 Å². The van der Waals surface area contributed by atoms with Crippen molar-refractivity contribution in [1.29, 1.82) is 5.26 Å². The molecule has 12 heavy (non-hydrogen) atoms. The molecule has 0 N–H and O–H groups in total. The van der Waals surface area contributed by atoms with Gasteiger partial charge in [0.2, 0.25) is 0 Å². The van der Waals surface area contributed by atoms with Gasteiger partial charge >= 0.3 is 0 Å². The van der Waals surface area contributed by atoms with Crippen molar-refractivity contribution in [3.63, 3.8) is 0 Å². The van der Waals surface area contributed by atoms with E-state index in [-0.39, 0.29) is 11.3 Å². The number of nitriles is 1. The maximum absolute atomic E-state index is 8.92. The van der Waals surface area contributed by atoms with Crippen LogP contribution in [0.25, 0.3) is 0 Å². The fourth-order valence-electron chi connectivity index (χ4n) is 0.877. The average molecular weight is 184 g/mol. The third-order valence-corrected chi connectivity index (χ3v) is 2.28. The Balaban J connectivity index is 4.62. The maximum atomic E-state index is 8.92. The standard InChI is InChI=1S/C9H16N2S/c1-9(2,3)7(6-10)8(12)11(4)5/h7H,1-5H3. The smallest absolute Gasteiger partial charge is 0.101 e. The van der Waals surface area contributed by atoms with Crippen molar-refractivity contribution in [2.24, 2.45) is 11.3 Å². The van der Waals surface area contributed by atoms with Crippen LogP contribution in [0.4, 0.5) is 0 Å². The highest BCUT2D eigenvalue weighted by molar-refractivity contribution is 7.80. The fraction of sp³-hybridized carbons (Fsp3) is 0.778. The van der Waals surface area contributed by atoms with Crippen LogP contribution in [-0.4, -0.2) is 24.0 Å². The molecule has 1 unspecified atom stereocenters. The van der Waals surface area contributed by atoms with Gasteiger partial charge in [-0.1, -0.05) is 33.0 Å². The predicted molar refractivity (Wildman–Crippen MR) is 54.8 cm³/mol. The third-order valence-electron chi connectivity index (χ3n) is 1.68. The topological polar surface area (TPSA) is 27.0 Å². The molecule has 0 fully saturated rings. The van der Waals surface area contributed by atoms with Gasteiger partial charge in [-0.2, -0.15) is 5.26 Å². The van der Waals surface area contributed by atoms with E-state index in [0.717, 1.165) is 0 Å². The fourth-order valence-corrected chi connectivity index (χ4v) is 1.28. The van der Waals surface area contributed by atoms with Gasteiger partial charge in [0.05, 0.1) is 11.1 Å². The summed E-state index contributed by atoms with van der Waals surface area (Å²) in [4.78, 5) is 2.54. The zero-order valence-electron chi connectivity index (χ0n) is 8.38. The molecule has 0 aliphatic rings. The normalized spacial score (nSPS) is 13.3. The first-order valence-corrected chi connectivity index (χ1v) is 4.32. The van der Waals surface area contributed by atoms with Crippen LogP contribution in [0.15, 0.2) is 0 Å². The van der Waals surface area contributed by atoms with Crippen LogP contribution < -0.4 is 0 Å². The average Bonchev–Trinajstić information content (AvgIpc) is 1.85. The Labute approximate surface area is 80.2 Å². The number of rotatable bonds is 1. The third kappa shape index (κ3) is 2.78. The lowest BCUT2D eigenvalue weighted by molar-refractivity contribution is 0.352. The Bertz CT molecular complexity index is 208. The summed E-state index contributed by atoms with van der Waals surface area (Å²) in [5.74, 6) is -0.178. The molecule has 0 aliphatic heterocycles. The molecular formula is C9H16N2S. The minimum absolute atomic E-state index is 0.0733. The summed E-state index contributed by atoms with van der Waals surface area (Å²) in [7, 11) is 3.75. The minimum Gasteiger partial charge on any atom is -0.371 e. The van der Waals surface area contributed by atoms with Gasteiger partial charge in [-0.3, -0.25) is 0 Å². The van der Waals surface area contributed by atoms with Crippen molar-refractivity contribution in [3.8, 4) is 6.07 Å². The van der Waals surface area contributed by atoms with Gasteiger partial charge in [0.1, 0.15) is 5.92 Å². The molecular weight excluding hydrogens is 168 g/mol. The number of hydrogen-bond acceptors (Lipinski definition) is 2.